The molecule has 0 spiro atoms. The van der Waals surface area contributed by atoms with Crippen molar-refractivity contribution in [2.45, 2.75) is 39.2 Å². The molecule has 4 rings (SSSR count). The number of amides is 1. The molecular formula is C27H36N2O4. The van der Waals surface area contributed by atoms with Crippen molar-refractivity contribution in [1.29, 1.82) is 0 Å². The number of ether oxygens (including phenoxy) is 3. The second kappa shape index (κ2) is 10.9. The molecule has 6 heteroatoms. The highest BCUT2D eigenvalue weighted by Crippen LogP contribution is 2.35. The zero-order valence-corrected chi connectivity index (χ0v) is 20.1. The van der Waals surface area contributed by atoms with Crippen LogP contribution in [0.5, 0.6) is 17.2 Å². The number of methoxy groups -OCH3 is 2. The number of nitrogens with zero attached hydrogens (tertiary/aromatic N) is 2. The zero-order valence-electron chi connectivity index (χ0n) is 20.1. The van der Waals surface area contributed by atoms with Crippen molar-refractivity contribution in [1.82, 2.24) is 9.80 Å². The first-order chi connectivity index (χ1) is 16.1. The van der Waals surface area contributed by atoms with Crippen LogP contribution >= 0.6 is 0 Å². The smallest absolute Gasteiger partial charge is 0.254 e. The molecule has 1 saturated heterocycles. The second-order valence-corrected chi connectivity index (χ2v) is 9.23. The zero-order chi connectivity index (χ0) is 23.2. The Balaban J connectivity index is 1.29. The maximum absolute atomic E-state index is 13.1. The van der Waals surface area contributed by atoms with Crippen molar-refractivity contribution in [2.24, 2.45) is 5.92 Å². The summed E-state index contributed by atoms with van der Waals surface area (Å²) in [5.74, 6) is 2.84. The highest BCUT2D eigenvalue weighted by Gasteiger charge is 2.31. The summed E-state index contributed by atoms with van der Waals surface area (Å²) >= 11 is 0. The molecule has 1 amide bonds. The minimum absolute atomic E-state index is 0.105. The second-order valence-electron chi connectivity index (χ2n) is 9.23. The number of fused-ring (bicyclic) bond motifs is 1. The number of rotatable bonds is 9. The van der Waals surface area contributed by atoms with E-state index in [1.54, 1.807) is 14.2 Å². The summed E-state index contributed by atoms with van der Waals surface area (Å²) in [6, 6.07) is 12.0. The van der Waals surface area contributed by atoms with E-state index in [4.69, 9.17) is 14.2 Å². The molecule has 1 atom stereocenters. The van der Waals surface area contributed by atoms with Crippen molar-refractivity contribution in [3.8, 4) is 17.2 Å². The topological polar surface area (TPSA) is 51.2 Å². The Bertz CT molecular complexity index is 961. The first kappa shape index (κ1) is 23.4. The van der Waals surface area contributed by atoms with Gasteiger partial charge in [-0.2, -0.15) is 0 Å². The average Bonchev–Trinajstić information content (AvgIpc) is 2.97. The lowest BCUT2D eigenvalue weighted by molar-refractivity contribution is 0.0735. The van der Waals surface area contributed by atoms with Gasteiger partial charge in [0, 0.05) is 31.7 Å². The molecule has 0 aliphatic carbocycles. The van der Waals surface area contributed by atoms with E-state index in [1.807, 2.05) is 29.2 Å². The van der Waals surface area contributed by atoms with Crippen LogP contribution in [-0.2, 0) is 6.54 Å². The van der Waals surface area contributed by atoms with Gasteiger partial charge in [0.2, 0.25) is 0 Å². The number of carbonyl (C=O) groups is 1. The molecule has 33 heavy (non-hydrogen) atoms. The molecule has 6 nitrogen and oxygen atoms in total. The van der Waals surface area contributed by atoms with E-state index >= 15 is 0 Å². The summed E-state index contributed by atoms with van der Waals surface area (Å²) in [7, 11) is 3.23. The largest absolute Gasteiger partial charge is 0.494 e. The lowest BCUT2D eigenvalue weighted by Gasteiger charge is -2.27. The van der Waals surface area contributed by atoms with Gasteiger partial charge in [0.25, 0.3) is 5.91 Å². The van der Waals surface area contributed by atoms with Crippen molar-refractivity contribution >= 4 is 5.91 Å². The SMILES string of the molecule is COc1cc2c(cc1OC)C(=O)N(CC1CCCCN(CCCOc3cccc(C)c3)C1)C2. The maximum atomic E-state index is 13.1. The molecule has 2 aliphatic rings. The van der Waals surface area contributed by atoms with Gasteiger partial charge in [-0.3, -0.25) is 4.79 Å². The Morgan fingerprint density at radius 3 is 2.67 bits per heavy atom. The number of benzene rings is 2. The van der Waals surface area contributed by atoms with Gasteiger partial charge in [-0.25, -0.2) is 0 Å². The van der Waals surface area contributed by atoms with Crippen LogP contribution in [0, 0.1) is 12.8 Å². The third-order valence-corrected chi connectivity index (χ3v) is 6.70. The Labute approximate surface area is 197 Å². The van der Waals surface area contributed by atoms with Gasteiger partial charge >= 0.3 is 0 Å². The minimum Gasteiger partial charge on any atom is -0.494 e. The number of likely N-dealkylation sites (tertiary alicyclic amines) is 1. The van der Waals surface area contributed by atoms with Crippen molar-refractivity contribution in [3.05, 3.63) is 53.1 Å². The molecule has 1 unspecified atom stereocenters. The van der Waals surface area contributed by atoms with Crippen LogP contribution in [0.4, 0.5) is 0 Å². The number of carbonyl (C=O) groups excluding carboxylic acids is 1. The number of hydrogen-bond acceptors (Lipinski definition) is 5. The Morgan fingerprint density at radius 2 is 1.88 bits per heavy atom. The van der Waals surface area contributed by atoms with E-state index in [9.17, 15) is 4.79 Å². The van der Waals surface area contributed by atoms with Crippen LogP contribution in [0.3, 0.4) is 0 Å². The molecule has 1 fully saturated rings. The van der Waals surface area contributed by atoms with Crippen molar-refractivity contribution in [2.75, 3.05) is 47.0 Å². The van der Waals surface area contributed by atoms with E-state index in [2.05, 4.69) is 24.0 Å². The Morgan fingerprint density at radius 1 is 1.06 bits per heavy atom. The third-order valence-electron chi connectivity index (χ3n) is 6.70. The van der Waals surface area contributed by atoms with Crippen LogP contribution in [0.1, 0.15) is 47.2 Å². The highest BCUT2D eigenvalue weighted by molar-refractivity contribution is 5.99. The van der Waals surface area contributed by atoms with Crippen molar-refractivity contribution < 1.29 is 19.0 Å². The molecule has 0 N–H and O–H groups in total. The molecule has 2 aromatic rings. The molecule has 2 aliphatic heterocycles. The maximum Gasteiger partial charge on any atom is 0.254 e. The molecular weight excluding hydrogens is 416 g/mol. The van der Waals surface area contributed by atoms with Gasteiger partial charge in [0.15, 0.2) is 11.5 Å². The predicted molar refractivity (Wildman–Crippen MR) is 129 cm³/mol. The van der Waals surface area contributed by atoms with E-state index < -0.39 is 0 Å². The highest BCUT2D eigenvalue weighted by atomic mass is 16.5. The van der Waals surface area contributed by atoms with Crippen LogP contribution in [0.25, 0.3) is 0 Å². The van der Waals surface area contributed by atoms with E-state index in [1.165, 1.54) is 24.8 Å². The summed E-state index contributed by atoms with van der Waals surface area (Å²) in [6.07, 6.45) is 4.62. The molecule has 0 saturated carbocycles. The van der Waals surface area contributed by atoms with Gasteiger partial charge in [0.05, 0.1) is 20.8 Å². The van der Waals surface area contributed by atoms with E-state index in [0.717, 1.165) is 56.1 Å². The van der Waals surface area contributed by atoms with Crippen LogP contribution in [0.2, 0.25) is 0 Å². The normalized spacial score (nSPS) is 18.7. The lowest BCUT2D eigenvalue weighted by Crippen LogP contribution is -2.36. The van der Waals surface area contributed by atoms with E-state index in [0.29, 0.717) is 24.0 Å². The summed E-state index contributed by atoms with van der Waals surface area (Å²) in [5, 5.41) is 0. The molecule has 0 bridgehead atoms. The summed E-state index contributed by atoms with van der Waals surface area (Å²) in [4.78, 5) is 17.6. The minimum atomic E-state index is 0.105. The predicted octanol–water partition coefficient (Wildman–Crippen LogP) is 4.54. The quantitative estimate of drug-likeness (QED) is 0.523. The average molecular weight is 453 g/mol. The lowest BCUT2D eigenvalue weighted by atomic mass is 10.0. The molecule has 2 aromatic carbocycles. The Hall–Kier alpha value is -2.73. The van der Waals surface area contributed by atoms with Gasteiger partial charge < -0.3 is 24.0 Å². The fraction of sp³-hybridized carbons (Fsp3) is 0.519. The first-order valence-electron chi connectivity index (χ1n) is 12.0. The summed E-state index contributed by atoms with van der Waals surface area (Å²) in [5.41, 5.74) is 2.99. The summed E-state index contributed by atoms with van der Waals surface area (Å²) in [6.45, 7) is 7.46. The monoisotopic (exact) mass is 452 g/mol. The Kier molecular flexibility index (Phi) is 7.76. The van der Waals surface area contributed by atoms with Gasteiger partial charge in [0.1, 0.15) is 5.75 Å². The molecule has 0 radical (unpaired) electrons. The standard InChI is InChI=1S/C27H36N2O4/c1-20-8-6-10-23(14-20)33-13-7-12-28-11-5-4-9-21(17-28)18-29-19-22-15-25(31-2)26(32-3)16-24(22)27(29)30/h6,8,10,14-16,21H,4-5,7,9,11-13,17-19H2,1-3H3. The molecule has 178 valence electrons. The third kappa shape index (κ3) is 5.80. The van der Waals surface area contributed by atoms with Gasteiger partial charge in [-0.15, -0.1) is 0 Å². The van der Waals surface area contributed by atoms with Gasteiger partial charge in [-0.1, -0.05) is 18.6 Å². The first-order valence-corrected chi connectivity index (χ1v) is 12.0. The number of hydrogen-bond donors (Lipinski definition) is 0. The fourth-order valence-electron chi connectivity index (χ4n) is 5.01. The van der Waals surface area contributed by atoms with E-state index in [-0.39, 0.29) is 5.91 Å². The number of aryl methyl sites for hydroxylation is 1. The van der Waals surface area contributed by atoms with Crippen molar-refractivity contribution in [3.63, 3.8) is 0 Å². The fourth-order valence-corrected chi connectivity index (χ4v) is 5.01. The van der Waals surface area contributed by atoms with Crippen LogP contribution in [-0.4, -0.2) is 62.7 Å². The summed E-state index contributed by atoms with van der Waals surface area (Å²) < 4.78 is 16.7. The van der Waals surface area contributed by atoms with Crippen LogP contribution in [0.15, 0.2) is 36.4 Å². The van der Waals surface area contributed by atoms with Gasteiger partial charge in [-0.05, 0) is 74.0 Å². The molecule has 0 aromatic heterocycles. The van der Waals surface area contributed by atoms with Crippen LogP contribution < -0.4 is 14.2 Å². The molecule has 2 heterocycles.